The number of halogens is 4. The Morgan fingerprint density at radius 2 is 2.00 bits per heavy atom. The molecule has 4 nitrogen and oxygen atoms in total. The number of hydrogen-bond donors (Lipinski definition) is 2. The standard InChI is InChI=1S/C13H11F4NO3/c14-10-2-1-6(3-9(10)13(15,16)17)7-4-11(19)18-5-8(7)12(20)21/h1-3,7-8H,4-5H2,(H,18,19)(H,20,21). The van der Waals surface area contributed by atoms with Crippen LogP contribution in [-0.4, -0.2) is 23.5 Å². The minimum atomic E-state index is -4.88. The van der Waals surface area contributed by atoms with Crippen molar-refractivity contribution in [1.29, 1.82) is 0 Å². The van der Waals surface area contributed by atoms with Gasteiger partial charge in [-0.25, -0.2) is 4.39 Å². The van der Waals surface area contributed by atoms with Crippen molar-refractivity contribution in [2.75, 3.05) is 6.54 Å². The molecule has 1 aromatic rings. The Morgan fingerprint density at radius 1 is 1.33 bits per heavy atom. The van der Waals surface area contributed by atoms with Crippen molar-refractivity contribution in [2.45, 2.75) is 18.5 Å². The molecule has 0 aliphatic carbocycles. The van der Waals surface area contributed by atoms with Gasteiger partial charge in [-0.2, -0.15) is 13.2 Å². The highest BCUT2D eigenvalue weighted by Gasteiger charge is 2.38. The summed E-state index contributed by atoms with van der Waals surface area (Å²) in [6.45, 7) is -0.169. The molecule has 0 spiro atoms. The van der Waals surface area contributed by atoms with Crippen LogP contribution in [0.5, 0.6) is 0 Å². The van der Waals surface area contributed by atoms with Gasteiger partial charge in [-0.15, -0.1) is 0 Å². The fraction of sp³-hybridized carbons (Fsp3) is 0.385. The molecule has 2 unspecified atom stereocenters. The van der Waals surface area contributed by atoms with E-state index >= 15 is 0 Å². The van der Waals surface area contributed by atoms with Crippen molar-refractivity contribution in [3.05, 3.63) is 35.1 Å². The van der Waals surface area contributed by atoms with Gasteiger partial charge in [-0.1, -0.05) is 6.07 Å². The lowest BCUT2D eigenvalue weighted by molar-refractivity contribution is -0.144. The number of alkyl halides is 3. The van der Waals surface area contributed by atoms with Crippen LogP contribution in [0, 0.1) is 11.7 Å². The monoisotopic (exact) mass is 305 g/mol. The molecule has 1 fully saturated rings. The van der Waals surface area contributed by atoms with Crippen LogP contribution in [0.3, 0.4) is 0 Å². The van der Waals surface area contributed by atoms with Crippen LogP contribution in [0.4, 0.5) is 17.6 Å². The fourth-order valence-corrected chi connectivity index (χ4v) is 2.38. The molecule has 1 heterocycles. The van der Waals surface area contributed by atoms with Crippen LogP contribution in [0.25, 0.3) is 0 Å². The lowest BCUT2D eigenvalue weighted by Gasteiger charge is -2.29. The Morgan fingerprint density at radius 3 is 2.57 bits per heavy atom. The molecule has 0 saturated carbocycles. The third kappa shape index (κ3) is 3.14. The van der Waals surface area contributed by atoms with E-state index in [4.69, 9.17) is 5.11 Å². The highest BCUT2D eigenvalue weighted by molar-refractivity contribution is 5.82. The molecular weight excluding hydrogens is 294 g/mol. The zero-order chi connectivity index (χ0) is 15.8. The maximum absolute atomic E-state index is 13.2. The molecule has 0 radical (unpaired) electrons. The minimum Gasteiger partial charge on any atom is -0.481 e. The van der Waals surface area contributed by atoms with Crippen molar-refractivity contribution in [2.24, 2.45) is 5.92 Å². The number of aliphatic carboxylic acids is 1. The Bertz CT molecular complexity index is 585. The van der Waals surface area contributed by atoms with Crippen LogP contribution in [0.2, 0.25) is 0 Å². The molecular formula is C13H11F4NO3. The van der Waals surface area contributed by atoms with Crippen LogP contribution in [0.1, 0.15) is 23.5 Å². The van der Waals surface area contributed by atoms with Crippen molar-refractivity contribution < 1.29 is 32.3 Å². The summed E-state index contributed by atoms with van der Waals surface area (Å²) in [4.78, 5) is 22.5. The Hall–Kier alpha value is -2.12. The molecule has 114 valence electrons. The minimum absolute atomic E-state index is 0.00836. The molecule has 2 rings (SSSR count). The summed E-state index contributed by atoms with van der Waals surface area (Å²) in [5.41, 5.74) is -1.47. The first kappa shape index (κ1) is 15.3. The normalized spacial score (nSPS) is 22.8. The average Bonchev–Trinajstić information content (AvgIpc) is 2.37. The van der Waals surface area contributed by atoms with Crippen molar-refractivity contribution >= 4 is 11.9 Å². The van der Waals surface area contributed by atoms with E-state index in [1.54, 1.807) is 0 Å². The predicted octanol–water partition coefficient (Wildman–Crippen LogP) is 2.15. The third-order valence-corrected chi connectivity index (χ3v) is 3.45. The van der Waals surface area contributed by atoms with Gasteiger partial charge in [0.25, 0.3) is 0 Å². The van der Waals surface area contributed by atoms with Gasteiger partial charge in [0.1, 0.15) is 5.82 Å². The number of carbonyl (C=O) groups excluding carboxylic acids is 1. The average molecular weight is 305 g/mol. The number of nitrogens with one attached hydrogen (secondary N) is 1. The number of hydrogen-bond acceptors (Lipinski definition) is 2. The number of piperidine rings is 1. The van der Waals surface area contributed by atoms with Gasteiger partial charge in [-0.3, -0.25) is 9.59 Å². The van der Waals surface area contributed by atoms with E-state index in [0.717, 1.165) is 6.07 Å². The van der Waals surface area contributed by atoms with E-state index in [2.05, 4.69) is 5.32 Å². The summed E-state index contributed by atoms with van der Waals surface area (Å²) in [6, 6.07) is 2.31. The molecule has 0 aromatic heterocycles. The molecule has 1 saturated heterocycles. The van der Waals surface area contributed by atoms with Crippen molar-refractivity contribution in [3.63, 3.8) is 0 Å². The number of benzene rings is 1. The quantitative estimate of drug-likeness (QED) is 0.823. The number of carboxylic acid groups (broad SMARTS) is 1. The molecule has 1 aliphatic rings. The SMILES string of the molecule is O=C1CC(c2ccc(F)c(C(F)(F)F)c2)C(C(=O)O)CN1. The smallest absolute Gasteiger partial charge is 0.419 e. The summed E-state index contributed by atoms with van der Waals surface area (Å²) >= 11 is 0. The van der Waals surface area contributed by atoms with Gasteiger partial charge in [0.05, 0.1) is 11.5 Å². The van der Waals surface area contributed by atoms with Crippen molar-refractivity contribution in [3.8, 4) is 0 Å². The maximum Gasteiger partial charge on any atom is 0.419 e. The van der Waals surface area contributed by atoms with E-state index < -0.39 is 41.3 Å². The first-order chi connectivity index (χ1) is 9.70. The molecule has 2 atom stereocenters. The first-order valence-electron chi connectivity index (χ1n) is 6.06. The zero-order valence-electron chi connectivity index (χ0n) is 10.6. The lowest BCUT2D eigenvalue weighted by Crippen LogP contribution is -2.43. The van der Waals surface area contributed by atoms with Gasteiger partial charge in [-0.05, 0) is 17.7 Å². The zero-order valence-corrected chi connectivity index (χ0v) is 10.6. The lowest BCUT2D eigenvalue weighted by atomic mass is 9.80. The van der Waals surface area contributed by atoms with Gasteiger partial charge in [0.15, 0.2) is 0 Å². The van der Waals surface area contributed by atoms with Crippen LogP contribution < -0.4 is 5.32 Å². The second-order valence-corrected chi connectivity index (χ2v) is 4.80. The molecule has 2 N–H and O–H groups in total. The highest BCUT2D eigenvalue weighted by atomic mass is 19.4. The van der Waals surface area contributed by atoms with Crippen LogP contribution in [0.15, 0.2) is 18.2 Å². The number of carbonyl (C=O) groups is 2. The Labute approximate surface area is 116 Å². The summed E-state index contributed by atoms with van der Waals surface area (Å²) in [5.74, 6) is -5.07. The predicted molar refractivity (Wildman–Crippen MR) is 62.9 cm³/mol. The van der Waals surface area contributed by atoms with Crippen LogP contribution in [-0.2, 0) is 15.8 Å². The van der Waals surface area contributed by atoms with Crippen LogP contribution >= 0.6 is 0 Å². The third-order valence-electron chi connectivity index (χ3n) is 3.45. The molecule has 0 bridgehead atoms. The Kier molecular flexibility index (Phi) is 3.89. The van der Waals surface area contributed by atoms with Gasteiger partial charge < -0.3 is 10.4 Å². The van der Waals surface area contributed by atoms with Gasteiger partial charge in [0.2, 0.25) is 5.91 Å². The second kappa shape index (κ2) is 5.34. The molecule has 1 aliphatic heterocycles. The largest absolute Gasteiger partial charge is 0.481 e. The number of carboxylic acids is 1. The van der Waals surface area contributed by atoms with E-state index in [1.807, 2.05) is 0 Å². The summed E-state index contributed by atoms with van der Waals surface area (Å²) in [5, 5.41) is 11.4. The summed E-state index contributed by atoms with van der Waals surface area (Å²) in [7, 11) is 0. The first-order valence-corrected chi connectivity index (χ1v) is 6.06. The molecule has 1 amide bonds. The molecule has 8 heteroatoms. The van der Waals surface area contributed by atoms with Gasteiger partial charge >= 0.3 is 12.1 Å². The number of amides is 1. The second-order valence-electron chi connectivity index (χ2n) is 4.80. The summed E-state index contributed by atoms with van der Waals surface area (Å²) < 4.78 is 51.3. The van der Waals surface area contributed by atoms with E-state index in [1.165, 1.54) is 0 Å². The maximum atomic E-state index is 13.2. The van der Waals surface area contributed by atoms with E-state index in [-0.39, 0.29) is 18.5 Å². The van der Waals surface area contributed by atoms with E-state index in [0.29, 0.717) is 12.1 Å². The Balaban J connectivity index is 2.43. The van der Waals surface area contributed by atoms with E-state index in [9.17, 15) is 27.2 Å². The van der Waals surface area contributed by atoms with Crippen molar-refractivity contribution in [1.82, 2.24) is 5.32 Å². The molecule has 1 aromatic carbocycles. The molecule has 21 heavy (non-hydrogen) atoms. The topological polar surface area (TPSA) is 66.4 Å². The fourth-order valence-electron chi connectivity index (χ4n) is 2.38. The number of rotatable bonds is 2. The highest BCUT2D eigenvalue weighted by Crippen LogP contribution is 2.37. The summed E-state index contributed by atoms with van der Waals surface area (Å²) in [6.07, 6.45) is -5.13. The van der Waals surface area contributed by atoms with Gasteiger partial charge in [0, 0.05) is 18.9 Å².